The van der Waals surface area contributed by atoms with Crippen LogP contribution in [-0.4, -0.2) is 26.8 Å². The Morgan fingerprint density at radius 1 is 1.15 bits per heavy atom. The lowest BCUT2D eigenvalue weighted by molar-refractivity contribution is 0.213. The summed E-state index contributed by atoms with van der Waals surface area (Å²) in [5.41, 5.74) is 0.429. The molecule has 0 atom stereocenters. The Kier molecular flexibility index (Phi) is 6.18. The van der Waals surface area contributed by atoms with Crippen molar-refractivity contribution in [3.05, 3.63) is 12.2 Å². The Morgan fingerprint density at radius 3 is 2.30 bits per heavy atom. The van der Waals surface area contributed by atoms with Crippen LogP contribution in [-0.2, 0) is 13.0 Å². The van der Waals surface area contributed by atoms with Gasteiger partial charge < -0.3 is 5.32 Å². The summed E-state index contributed by atoms with van der Waals surface area (Å²) in [5, 5.41) is 8.02. The minimum atomic E-state index is 0.159. The quantitative estimate of drug-likeness (QED) is 0.793. The largest absolute Gasteiger partial charge is 0.312 e. The number of aromatic nitrogens is 3. The third-order valence-electron chi connectivity index (χ3n) is 4.16. The molecule has 4 nitrogen and oxygen atoms in total. The third-order valence-corrected chi connectivity index (χ3v) is 4.16. The van der Waals surface area contributed by atoms with Crippen LogP contribution in [0.15, 0.2) is 6.33 Å². The van der Waals surface area contributed by atoms with E-state index in [9.17, 15) is 0 Å². The summed E-state index contributed by atoms with van der Waals surface area (Å²) in [4.78, 5) is 4.48. The van der Waals surface area contributed by atoms with Crippen LogP contribution in [0.5, 0.6) is 0 Å². The molecule has 1 aromatic rings. The van der Waals surface area contributed by atoms with Gasteiger partial charge in [0.05, 0.1) is 0 Å². The van der Waals surface area contributed by atoms with Crippen molar-refractivity contribution in [2.75, 3.05) is 6.54 Å². The topological polar surface area (TPSA) is 42.7 Å². The van der Waals surface area contributed by atoms with E-state index in [1.165, 1.54) is 0 Å². The molecule has 4 heteroatoms. The van der Waals surface area contributed by atoms with Crippen molar-refractivity contribution in [2.45, 2.75) is 79.3 Å². The average molecular weight is 280 g/mol. The summed E-state index contributed by atoms with van der Waals surface area (Å²) in [6.45, 7) is 15.4. The molecule has 0 spiro atoms. The zero-order valence-electron chi connectivity index (χ0n) is 14.2. The van der Waals surface area contributed by atoms with Crippen molar-refractivity contribution in [1.29, 1.82) is 0 Å². The Hall–Kier alpha value is -0.900. The molecule has 0 saturated carbocycles. The molecule has 116 valence electrons. The molecule has 0 aliphatic heterocycles. The van der Waals surface area contributed by atoms with Crippen LogP contribution in [0.4, 0.5) is 0 Å². The monoisotopic (exact) mass is 280 g/mol. The van der Waals surface area contributed by atoms with Gasteiger partial charge in [0.25, 0.3) is 0 Å². The first-order valence-corrected chi connectivity index (χ1v) is 7.97. The molecule has 1 heterocycles. The number of nitrogens with zero attached hydrogens (tertiary/aromatic N) is 3. The normalized spacial score (nSPS) is 12.9. The molecule has 0 saturated heterocycles. The molecular formula is C16H32N4. The highest BCUT2D eigenvalue weighted by atomic mass is 15.3. The van der Waals surface area contributed by atoms with E-state index in [1.54, 1.807) is 6.33 Å². The Balaban J connectivity index is 2.82. The summed E-state index contributed by atoms with van der Waals surface area (Å²) in [7, 11) is 0. The summed E-state index contributed by atoms with van der Waals surface area (Å²) >= 11 is 0. The van der Waals surface area contributed by atoms with Gasteiger partial charge in [0.15, 0.2) is 0 Å². The predicted octanol–water partition coefficient (Wildman–Crippen LogP) is 3.43. The van der Waals surface area contributed by atoms with Gasteiger partial charge in [-0.3, -0.25) is 4.68 Å². The zero-order valence-corrected chi connectivity index (χ0v) is 14.2. The molecule has 0 radical (unpaired) electrons. The SMILES string of the molecule is CCCn1ncnc1CC(CC)(CC)CNC(C)(C)C. The summed E-state index contributed by atoms with van der Waals surface area (Å²) in [5.74, 6) is 1.13. The minimum Gasteiger partial charge on any atom is -0.312 e. The van der Waals surface area contributed by atoms with E-state index in [-0.39, 0.29) is 11.0 Å². The van der Waals surface area contributed by atoms with Gasteiger partial charge in [-0.1, -0.05) is 20.8 Å². The van der Waals surface area contributed by atoms with Gasteiger partial charge in [-0.15, -0.1) is 0 Å². The lowest BCUT2D eigenvalue weighted by Gasteiger charge is -2.35. The van der Waals surface area contributed by atoms with Crippen LogP contribution < -0.4 is 5.32 Å². The van der Waals surface area contributed by atoms with Crippen molar-refractivity contribution in [3.8, 4) is 0 Å². The van der Waals surface area contributed by atoms with Crippen LogP contribution >= 0.6 is 0 Å². The van der Waals surface area contributed by atoms with Crippen LogP contribution in [0.2, 0.25) is 0 Å². The highest BCUT2D eigenvalue weighted by Gasteiger charge is 2.30. The maximum atomic E-state index is 4.48. The van der Waals surface area contributed by atoms with E-state index in [1.807, 2.05) is 0 Å². The van der Waals surface area contributed by atoms with Gasteiger partial charge >= 0.3 is 0 Å². The van der Waals surface area contributed by atoms with Crippen molar-refractivity contribution in [3.63, 3.8) is 0 Å². The second-order valence-corrected chi connectivity index (χ2v) is 6.89. The molecule has 1 aromatic heterocycles. The van der Waals surface area contributed by atoms with E-state index >= 15 is 0 Å². The molecule has 0 unspecified atom stereocenters. The Morgan fingerprint density at radius 2 is 1.80 bits per heavy atom. The maximum absolute atomic E-state index is 4.48. The van der Waals surface area contributed by atoms with Crippen LogP contribution in [0.1, 0.15) is 66.6 Å². The summed E-state index contributed by atoms with van der Waals surface area (Å²) in [6.07, 6.45) is 6.11. The van der Waals surface area contributed by atoms with E-state index in [2.05, 4.69) is 61.6 Å². The van der Waals surface area contributed by atoms with E-state index in [0.29, 0.717) is 0 Å². The van der Waals surface area contributed by atoms with Crippen LogP contribution in [0.3, 0.4) is 0 Å². The zero-order chi connectivity index (χ0) is 15.2. The number of nitrogens with one attached hydrogen (secondary N) is 1. The van der Waals surface area contributed by atoms with E-state index < -0.39 is 0 Å². The molecule has 1 N–H and O–H groups in total. The van der Waals surface area contributed by atoms with Crippen molar-refractivity contribution >= 4 is 0 Å². The lowest BCUT2D eigenvalue weighted by Crippen LogP contribution is -2.44. The number of rotatable bonds is 8. The molecule has 1 rings (SSSR count). The predicted molar refractivity (Wildman–Crippen MR) is 84.8 cm³/mol. The van der Waals surface area contributed by atoms with Gasteiger partial charge in [-0.25, -0.2) is 4.98 Å². The van der Waals surface area contributed by atoms with Crippen molar-refractivity contribution in [1.82, 2.24) is 20.1 Å². The van der Waals surface area contributed by atoms with Gasteiger partial charge in [0.2, 0.25) is 0 Å². The molecule has 0 fully saturated rings. The third kappa shape index (κ3) is 4.89. The van der Waals surface area contributed by atoms with Crippen LogP contribution in [0, 0.1) is 5.41 Å². The summed E-state index contributed by atoms with van der Waals surface area (Å²) in [6, 6.07) is 0. The fourth-order valence-corrected chi connectivity index (χ4v) is 2.42. The minimum absolute atomic E-state index is 0.159. The van der Waals surface area contributed by atoms with E-state index in [4.69, 9.17) is 0 Å². The standard InChI is InChI=1S/C16H32N4/c1-7-10-20-14(17-13-19-20)11-16(8-2,9-3)12-18-15(4,5)6/h13,18H,7-12H2,1-6H3. The lowest BCUT2D eigenvalue weighted by atomic mass is 9.78. The molecule has 0 amide bonds. The van der Waals surface area contributed by atoms with Gasteiger partial charge in [-0.05, 0) is 45.4 Å². The first-order valence-electron chi connectivity index (χ1n) is 7.97. The maximum Gasteiger partial charge on any atom is 0.138 e. The van der Waals surface area contributed by atoms with Gasteiger partial charge in [-0.2, -0.15) is 5.10 Å². The Bertz CT molecular complexity index is 385. The molecule has 0 aliphatic rings. The second kappa shape index (κ2) is 7.21. The van der Waals surface area contributed by atoms with Crippen molar-refractivity contribution < 1.29 is 0 Å². The number of hydrogen-bond donors (Lipinski definition) is 1. The van der Waals surface area contributed by atoms with Gasteiger partial charge in [0, 0.05) is 25.0 Å². The molecule has 0 aliphatic carbocycles. The molecule has 20 heavy (non-hydrogen) atoms. The van der Waals surface area contributed by atoms with E-state index in [0.717, 1.165) is 44.6 Å². The fourth-order valence-electron chi connectivity index (χ4n) is 2.42. The Labute approximate surface area is 124 Å². The average Bonchev–Trinajstić information content (AvgIpc) is 2.81. The van der Waals surface area contributed by atoms with Crippen molar-refractivity contribution in [2.24, 2.45) is 5.41 Å². The first-order chi connectivity index (χ1) is 9.36. The summed E-state index contributed by atoms with van der Waals surface area (Å²) < 4.78 is 2.07. The number of aryl methyl sites for hydroxylation is 1. The van der Waals surface area contributed by atoms with Crippen LogP contribution in [0.25, 0.3) is 0 Å². The molecular weight excluding hydrogens is 248 g/mol. The first kappa shape index (κ1) is 17.2. The smallest absolute Gasteiger partial charge is 0.138 e. The highest BCUT2D eigenvalue weighted by molar-refractivity contribution is 4.95. The number of hydrogen-bond acceptors (Lipinski definition) is 3. The molecule has 0 bridgehead atoms. The van der Waals surface area contributed by atoms with Gasteiger partial charge in [0.1, 0.15) is 12.2 Å². The molecule has 0 aromatic carbocycles. The highest BCUT2D eigenvalue weighted by Crippen LogP contribution is 2.30. The fraction of sp³-hybridized carbons (Fsp3) is 0.875. The second-order valence-electron chi connectivity index (χ2n) is 6.89.